The maximum Gasteiger partial charge on any atom is 0.253 e. The van der Waals surface area contributed by atoms with Crippen LogP contribution in [0.2, 0.25) is 0 Å². The molecular weight excluding hydrogens is 493 g/mol. The lowest BCUT2D eigenvalue weighted by Gasteiger charge is -2.12. The van der Waals surface area contributed by atoms with Crippen LogP contribution >= 0.6 is 24.0 Å². The van der Waals surface area contributed by atoms with Crippen molar-refractivity contribution in [3.05, 3.63) is 59.9 Å². The summed E-state index contributed by atoms with van der Waals surface area (Å²) in [6, 6.07) is 13.7. The number of halogens is 1. The lowest BCUT2D eigenvalue weighted by atomic mass is 10.2. The monoisotopic (exact) mass is 523 g/mol. The number of carbonyl (C=O) groups excluding carboxylic acids is 1. The first-order valence-corrected chi connectivity index (χ1v) is 10.2. The fourth-order valence-electron chi connectivity index (χ4n) is 3.12. The van der Waals surface area contributed by atoms with Gasteiger partial charge in [-0.15, -0.1) is 24.0 Å². The minimum Gasteiger partial charge on any atom is -0.368 e. The molecule has 1 unspecified atom stereocenters. The van der Waals surface area contributed by atoms with Gasteiger partial charge in [-0.1, -0.05) is 18.2 Å². The van der Waals surface area contributed by atoms with Gasteiger partial charge in [0.2, 0.25) is 0 Å². The Morgan fingerprint density at radius 1 is 1.23 bits per heavy atom. The van der Waals surface area contributed by atoms with E-state index >= 15 is 0 Å². The second-order valence-corrected chi connectivity index (χ2v) is 6.88. The Balaban J connectivity index is 0.00000320. The number of benzene rings is 1. The predicted octanol–water partition coefficient (Wildman–Crippen LogP) is 3.11. The summed E-state index contributed by atoms with van der Waals surface area (Å²) in [6.45, 7) is 4.75. The molecule has 2 heterocycles. The smallest absolute Gasteiger partial charge is 0.253 e. The number of amides is 1. The van der Waals surface area contributed by atoms with Crippen LogP contribution in [0.4, 0.5) is 5.69 Å². The number of guanidine groups is 1. The van der Waals surface area contributed by atoms with Crippen LogP contribution in [0.25, 0.3) is 0 Å². The van der Waals surface area contributed by atoms with Crippen LogP contribution in [0.1, 0.15) is 31.0 Å². The SMILES string of the molecule is CCNC(=NCc1cccc(NC(=O)C2CCCO2)c1)NCCc1ccccn1.I. The van der Waals surface area contributed by atoms with Crippen LogP contribution in [-0.2, 0) is 22.5 Å². The number of anilines is 1. The number of pyridine rings is 1. The van der Waals surface area contributed by atoms with Crippen molar-refractivity contribution in [3.8, 4) is 0 Å². The summed E-state index contributed by atoms with van der Waals surface area (Å²) in [4.78, 5) is 21.2. The number of ether oxygens (including phenoxy) is 1. The van der Waals surface area contributed by atoms with Gasteiger partial charge in [0.1, 0.15) is 6.10 Å². The molecule has 0 aliphatic carbocycles. The Bertz CT molecular complexity index is 810. The average Bonchev–Trinajstić information content (AvgIpc) is 3.28. The van der Waals surface area contributed by atoms with E-state index in [9.17, 15) is 4.79 Å². The Hall–Kier alpha value is -2.20. The summed E-state index contributed by atoms with van der Waals surface area (Å²) in [5.74, 6) is 0.685. The summed E-state index contributed by atoms with van der Waals surface area (Å²) in [5, 5.41) is 9.53. The van der Waals surface area contributed by atoms with Crippen LogP contribution in [0.15, 0.2) is 53.7 Å². The second kappa shape index (κ2) is 13.2. The number of hydrogen-bond donors (Lipinski definition) is 3. The van der Waals surface area contributed by atoms with E-state index in [-0.39, 0.29) is 36.0 Å². The summed E-state index contributed by atoms with van der Waals surface area (Å²) in [6.07, 6.45) is 4.02. The molecule has 1 aromatic carbocycles. The highest BCUT2D eigenvalue weighted by molar-refractivity contribution is 14.0. The third-order valence-electron chi connectivity index (χ3n) is 4.58. The molecule has 1 saturated heterocycles. The van der Waals surface area contributed by atoms with Crippen LogP contribution in [0.3, 0.4) is 0 Å². The minimum absolute atomic E-state index is 0. The zero-order valence-corrected chi connectivity index (χ0v) is 19.6. The normalized spacial score (nSPS) is 15.9. The molecule has 30 heavy (non-hydrogen) atoms. The molecule has 8 heteroatoms. The first kappa shape index (κ1) is 24.1. The largest absolute Gasteiger partial charge is 0.368 e. The van der Waals surface area contributed by atoms with E-state index in [1.165, 1.54) is 0 Å². The molecule has 1 amide bonds. The Morgan fingerprint density at radius 2 is 2.13 bits per heavy atom. The molecule has 162 valence electrons. The first-order valence-electron chi connectivity index (χ1n) is 10.2. The number of aromatic nitrogens is 1. The average molecular weight is 523 g/mol. The van der Waals surface area contributed by atoms with Crippen molar-refractivity contribution >= 4 is 41.5 Å². The number of rotatable bonds is 8. The number of aliphatic imine (C=N–C) groups is 1. The van der Waals surface area contributed by atoms with Gasteiger partial charge in [0, 0.05) is 43.7 Å². The lowest BCUT2D eigenvalue weighted by Crippen LogP contribution is -2.38. The van der Waals surface area contributed by atoms with Gasteiger partial charge in [0.25, 0.3) is 5.91 Å². The van der Waals surface area contributed by atoms with E-state index in [1.807, 2.05) is 49.4 Å². The van der Waals surface area contributed by atoms with Gasteiger partial charge in [-0.3, -0.25) is 9.78 Å². The van der Waals surface area contributed by atoms with Gasteiger partial charge in [-0.25, -0.2) is 4.99 Å². The maximum absolute atomic E-state index is 12.2. The first-order chi connectivity index (χ1) is 14.2. The van der Waals surface area contributed by atoms with E-state index in [0.29, 0.717) is 13.2 Å². The molecule has 3 N–H and O–H groups in total. The molecule has 0 spiro atoms. The van der Waals surface area contributed by atoms with Crippen molar-refractivity contribution in [2.24, 2.45) is 4.99 Å². The molecular formula is C22H30IN5O2. The van der Waals surface area contributed by atoms with Gasteiger partial charge >= 0.3 is 0 Å². The number of hydrogen-bond acceptors (Lipinski definition) is 4. The third kappa shape index (κ3) is 7.91. The Morgan fingerprint density at radius 3 is 2.87 bits per heavy atom. The third-order valence-corrected chi connectivity index (χ3v) is 4.58. The van der Waals surface area contributed by atoms with Crippen LogP contribution in [0, 0.1) is 0 Å². The minimum atomic E-state index is -0.333. The van der Waals surface area contributed by atoms with Crippen molar-refractivity contribution < 1.29 is 9.53 Å². The highest BCUT2D eigenvalue weighted by atomic mass is 127. The van der Waals surface area contributed by atoms with Crippen LogP contribution in [-0.4, -0.2) is 42.7 Å². The van der Waals surface area contributed by atoms with E-state index < -0.39 is 0 Å². The number of nitrogens with zero attached hydrogens (tertiary/aromatic N) is 2. The van der Waals surface area contributed by atoms with Crippen molar-refractivity contribution in [2.75, 3.05) is 25.0 Å². The zero-order valence-electron chi connectivity index (χ0n) is 17.3. The van der Waals surface area contributed by atoms with E-state index in [4.69, 9.17) is 4.74 Å². The molecule has 2 aromatic rings. The molecule has 0 radical (unpaired) electrons. The lowest BCUT2D eigenvalue weighted by molar-refractivity contribution is -0.124. The highest BCUT2D eigenvalue weighted by Crippen LogP contribution is 2.16. The second-order valence-electron chi connectivity index (χ2n) is 6.88. The molecule has 0 saturated carbocycles. The molecule has 1 aliphatic heterocycles. The summed E-state index contributed by atoms with van der Waals surface area (Å²) in [7, 11) is 0. The topological polar surface area (TPSA) is 87.6 Å². The van der Waals surface area contributed by atoms with Crippen molar-refractivity contribution in [3.63, 3.8) is 0 Å². The molecule has 1 fully saturated rings. The quantitative estimate of drug-likeness (QED) is 0.281. The van der Waals surface area contributed by atoms with Gasteiger partial charge in [-0.05, 0) is 49.6 Å². The van der Waals surface area contributed by atoms with Gasteiger partial charge < -0.3 is 20.7 Å². The highest BCUT2D eigenvalue weighted by Gasteiger charge is 2.23. The Labute approximate surface area is 195 Å². The molecule has 1 atom stereocenters. The number of carbonyl (C=O) groups is 1. The zero-order chi connectivity index (χ0) is 20.3. The van der Waals surface area contributed by atoms with E-state index in [0.717, 1.165) is 55.3 Å². The number of nitrogens with one attached hydrogen (secondary N) is 3. The predicted molar refractivity (Wildman–Crippen MR) is 130 cm³/mol. The standard InChI is InChI=1S/C22H29N5O2.HI/c1-2-23-22(25-13-11-18-8-3-4-12-24-18)26-16-17-7-5-9-19(15-17)27-21(28)20-10-6-14-29-20;/h3-5,7-9,12,15,20H,2,6,10-11,13-14,16H2,1H3,(H,27,28)(H2,23,25,26);1H. The molecule has 7 nitrogen and oxygen atoms in total. The Kier molecular flexibility index (Phi) is 10.6. The molecule has 3 rings (SSSR count). The van der Waals surface area contributed by atoms with E-state index in [1.54, 1.807) is 6.20 Å². The summed E-state index contributed by atoms with van der Waals surface area (Å²) >= 11 is 0. The van der Waals surface area contributed by atoms with E-state index in [2.05, 4.69) is 25.9 Å². The van der Waals surface area contributed by atoms with Crippen molar-refractivity contribution in [1.82, 2.24) is 15.6 Å². The molecule has 1 aliphatic rings. The van der Waals surface area contributed by atoms with Gasteiger partial charge in [0.05, 0.1) is 6.54 Å². The van der Waals surface area contributed by atoms with Crippen LogP contribution in [0.5, 0.6) is 0 Å². The van der Waals surface area contributed by atoms with Crippen molar-refractivity contribution in [2.45, 2.75) is 38.8 Å². The van der Waals surface area contributed by atoms with Gasteiger partial charge in [-0.2, -0.15) is 0 Å². The summed E-state index contributed by atoms with van der Waals surface area (Å²) in [5.41, 5.74) is 2.84. The van der Waals surface area contributed by atoms with Crippen LogP contribution < -0.4 is 16.0 Å². The molecule has 0 bridgehead atoms. The van der Waals surface area contributed by atoms with Gasteiger partial charge in [0.15, 0.2) is 5.96 Å². The fraction of sp³-hybridized carbons (Fsp3) is 0.409. The van der Waals surface area contributed by atoms with Crippen molar-refractivity contribution in [1.29, 1.82) is 0 Å². The molecule has 1 aromatic heterocycles. The fourth-order valence-corrected chi connectivity index (χ4v) is 3.12. The summed E-state index contributed by atoms with van der Waals surface area (Å²) < 4.78 is 5.44. The maximum atomic E-state index is 12.2.